The fourth-order valence-electron chi connectivity index (χ4n) is 6.64. The zero-order valence-corrected chi connectivity index (χ0v) is 19.8. The Labute approximate surface area is 196 Å². The van der Waals surface area contributed by atoms with E-state index in [0.29, 0.717) is 13.0 Å². The van der Waals surface area contributed by atoms with E-state index in [1.165, 1.54) is 23.1 Å². The fraction of sp³-hybridized carbons (Fsp3) is 0.571. The van der Waals surface area contributed by atoms with Gasteiger partial charge in [0.1, 0.15) is 5.75 Å². The van der Waals surface area contributed by atoms with Gasteiger partial charge in [-0.3, -0.25) is 14.5 Å². The molecule has 0 spiro atoms. The molecule has 4 aliphatic rings. The van der Waals surface area contributed by atoms with Crippen molar-refractivity contribution in [3.63, 3.8) is 0 Å². The first kappa shape index (κ1) is 22.4. The van der Waals surface area contributed by atoms with Gasteiger partial charge in [0.25, 0.3) is 0 Å². The Bertz CT molecular complexity index is 986. The van der Waals surface area contributed by atoms with E-state index in [9.17, 15) is 14.7 Å². The molecule has 33 heavy (non-hydrogen) atoms. The number of carbonyl (C=O) groups is 2. The summed E-state index contributed by atoms with van der Waals surface area (Å²) in [4.78, 5) is 28.5. The van der Waals surface area contributed by atoms with E-state index in [1.54, 1.807) is 17.0 Å². The van der Waals surface area contributed by atoms with Crippen molar-refractivity contribution < 1.29 is 19.4 Å². The zero-order valence-electron chi connectivity index (χ0n) is 19.8. The Balaban J connectivity index is 1.29. The van der Waals surface area contributed by atoms with Gasteiger partial charge in [0, 0.05) is 12.0 Å². The van der Waals surface area contributed by atoms with Crippen LogP contribution in [0.5, 0.6) is 5.75 Å². The number of imide groups is 1. The molecule has 1 N–H and O–H groups in total. The molecular formula is C28H35NO4. The van der Waals surface area contributed by atoms with Crippen molar-refractivity contribution in [3.05, 3.63) is 46.5 Å². The molecule has 4 atom stereocenters. The molecule has 2 amide bonds. The highest BCUT2D eigenvalue weighted by atomic mass is 16.5. The number of amides is 2. The van der Waals surface area contributed by atoms with Gasteiger partial charge >= 0.3 is 0 Å². The van der Waals surface area contributed by atoms with Crippen LogP contribution in [0.4, 0.5) is 0 Å². The van der Waals surface area contributed by atoms with Crippen LogP contribution in [0.3, 0.4) is 0 Å². The molecule has 2 aliphatic carbocycles. The number of likely N-dealkylation sites (tertiary alicyclic amines) is 1. The highest BCUT2D eigenvalue weighted by molar-refractivity contribution is 6.06. The van der Waals surface area contributed by atoms with Gasteiger partial charge in [-0.25, -0.2) is 0 Å². The highest BCUT2D eigenvalue weighted by Gasteiger charge is 2.57. The lowest BCUT2D eigenvalue weighted by Gasteiger charge is -2.31. The average molecular weight is 450 g/mol. The zero-order chi connectivity index (χ0) is 23.1. The van der Waals surface area contributed by atoms with Crippen molar-refractivity contribution in [2.24, 2.45) is 17.8 Å². The third kappa shape index (κ3) is 4.16. The van der Waals surface area contributed by atoms with Gasteiger partial charge in [0.05, 0.1) is 24.5 Å². The van der Waals surface area contributed by atoms with E-state index in [0.717, 1.165) is 44.1 Å². The standard InChI is InChI=1S/C28H35NO4/c1-17(14-19-9-11-21(30)12-10-19)8-13-24-25-18(2)15-22-26(23(25)16-33-24)28(32)29(27(22)31)20-6-4-3-5-7-20/h9-12,14,20,22-24,26,30H,3-8,13,15-16H2,1-2H3/b17-14+/t22-,23+,24-,26-/m1/s1. The predicted molar refractivity (Wildman–Crippen MR) is 127 cm³/mol. The van der Waals surface area contributed by atoms with E-state index in [1.807, 2.05) is 12.1 Å². The van der Waals surface area contributed by atoms with E-state index < -0.39 is 0 Å². The Kier molecular flexibility index (Phi) is 6.17. The van der Waals surface area contributed by atoms with Gasteiger partial charge in [-0.15, -0.1) is 0 Å². The summed E-state index contributed by atoms with van der Waals surface area (Å²) in [6.07, 6.45) is 10.0. The number of allylic oxidation sites excluding steroid dienone is 2. The molecule has 1 aromatic carbocycles. The number of carbonyl (C=O) groups excluding carboxylic acids is 2. The molecule has 0 bridgehead atoms. The minimum Gasteiger partial charge on any atom is -0.508 e. The van der Waals surface area contributed by atoms with Crippen LogP contribution in [0.25, 0.3) is 6.08 Å². The van der Waals surface area contributed by atoms with Crippen LogP contribution >= 0.6 is 0 Å². The number of benzene rings is 1. The van der Waals surface area contributed by atoms with Gasteiger partial charge in [-0.05, 0) is 69.2 Å². The number of fused-ring (bicyclic) bond motifs is 3. The molecule has 5 nitrogen and oxygen atoms in total. The molecule has 1 aromatic rings. The molecule has 0 unspecified atom stereocenters. The quantitative estimate of drug-likeness (QED) is 0.493. The summed E-state index contributed by atoms with van der Waals surface area (Å²) in [5, 5.41) is 9.47. The van der Waals surface area contributed by atoms with Crippen LogP contribution in [0.15, 0.2) is 41.0 Å². The molecular weight excluding hydrogens is 414 g/mol. The minimum atomic E-state index is -0.225. The third-order valence-corrected chi connectivity index (χ3v) is 8.23. The summed E-state index contributed by atoms with van der Waals surface area (Å²) < 4.78 is 6.26. The maximum absolute atomic E-state index is 13.5. The number of phenols is 1. The molecule has 2 saturated heterocycles. The van der Waals surface area contributed by atoms with Gasteiger partial charge in [0.2, 0.25) is 11.8 Å². The van der Waals surface area contributed by atoms with Crippen molar-refractivity contribution in [2.45, 2.75) is 77.4 Å². The number of ether oxygens (including phenoxy) is 1. The van der Waals surface area contributed by atoms with Crippen molar-refractivity contribution in [3.8, 4) is 5.75 Å². The summed E-state index contributed by atoms with van der Waals surface area (Å²) in [6.45, 7) is 4.82. The second kappa shape index (κ2) is 9.09. The maximum Gasteiger partial charge on any atom is 0.234 e. The van der Waals surface area contributed by atoms with Crippen LogP contribution in [0, 0.1) is 17.8 Å². The number of rotatable bonds is 5. The van der Waals surface area contributed by atoms with Gasteiger partial charge in [0.15, 0.2) is 0 Å². The van der Waals surface area contributed by atoms with Crippen molar-refractivity contribution in [1.82, 2.24) is 4.90 Å². The Morgan fingerprint density at radius 2 is 1.82 bits per heavy atom. The third-order valence-electron chi connectivity index (χ3n) is 8.23. The Morgan fingerprint density at radius 1 is 1.09 bits per heavy atom. The lowest BCUT2D eigenvalue weighted by atomic mass is 9.70. The summed E-state index contributed by atoms with van der Waals surface area (Å²) >= 11 is 0. The molecule has 2 heterocycles. The van der Waals surface area contributed by atoms with E-state index in [-0.39, 0.29) is 47.5 Å². The number of phenolic OH excluding ortho intramolecular Hbond substituents is 1. The largest absolute Gasteiger partial charge is 0.508 e. The first-order chi connectivity index (χ1) is 15.9. The van der Waals surface area contributed by atoms with Crippen molar-refractivity contribution in [1.29, 1.82) is 0 Å². The van der Waals surface area contributed by atoms with E-state index in [4.69, 9.17) is 4.74 Å². The number of nitrogens with zero attached hydrogens (tertiary/aromatic N) is 1. The van der Waals surface area contributed by atoms with Crippen LogP contribution in [-0.4, -0.2) is 40.6 Å². The molecule has 176 valence electrons. The molecule has 5 heteroatoms. The molecule has 0 aromatic heterocycles. The average Bonchev–Trinajstić information content (AvgIpc) is 3.34. The lowest BCUT2D eigenvalue weighted by Crippen LogP contribution is -2.42. The molecule has 2 aliphatic heterocycles. The first-order valence-corrected chi connectivity index (χ1v) is 12.6. The molecule has 3 fully saturated rings. The molecule has 5 rings (SSSR count). The van der Waals surface area contributed by atoms with Gasteiger partial charge in [-0.2, -0.15) is 0 Å². The summed E-state index contributed by atoms with van der Waals surface area (Å²) in [6, 6.07) is 7.34. The summed E-state index contributed by atoms with van der Waals surface area (Å²) in [7, 11) is 0. The van der Waals surface area contributed by atoms with Crippen LogP contribution in [0.1, 0.15) is 70.8 Å². The van der Waals surface area contributed by atoms with E-state index >= 15 is 0 Å². The summed E-state index contributed by atoms with van der Waals surface area (Å²) in [5.41, 5.74) is 4.88. The monoisotopic (exact) mass is 449 g/mol. The normalized spacial score (nSPS) is 30.7. The second-order valence-corrected chi connectivity index (χ2v) is 10.5. The molecule has 0 radical (unpaired) electrons. The SMILES string of the molecule is CC1=C2[C@@H](CC/C(C)=C/c3ccc(O)cc3)OC[C@@H]2[C@@H]2C(=O)N(C3CCCCC3)C(=O)[C@@H]2C1. The van der Waals surface area contributed by atoms with E-state index in [2.05, 4.69) is 19.9 Å². The minimum absolute atomic E-state index is 0.0331. The molecule has 1 saturated carbocycles. The van der Waals surface area contributed by atoms with Gasteiger partial charge < -0.3 is 9.84 Å². The van der Waals surface area contributed by atoms with Crippen LogP contribution in [-0.2, 0) is 14.3 Å². The van der Waals surface area contributed by atoms with Crippen LogP contribution in [0.2, 0.25) is 0 Å². The Hall–Kier alpha value is -2.40. The Morgan fingerprint density at radius 3 is 2.55 bits per heavy atom. The number of aromatic hydroxyl groups is 1. The highest BCUT2D eigenvalue weighted by Crippen LogP contribution is 2.50. The fourth-order valence-corrected chi connectivity index (χ4v) is 6.64. The maximum atomic E-state index is 13.5. The predicted octanol–water partition coefficient (Wildman–Crippen LogP) is 5.24. The van der Waals surface area contributed by atoms with Gasteiger partial charge in [-0.1, -0.05) is 48.6 Å². The summed E-state index contributed by atoms with van der Waals surface area (Å²) in [5.74, 6) is 0.0600. The lowest BCUT2D eigenvalue weighted by molar-refractivity contribution is -0.143. The van der Waals surface area contributed by atoms with Crippen molar-refractivity contribution >= 4 is 17.9 Å². The van der Waals surface area contributed by atoms with Crippen molar-refractivity contribution in [2.75, 3.05) is 6.61 Å². The topological polar surface area (TPSA) is 66.8 Å². The van der Waals surface area contributed by atoms with Crippen LogP contribution < -0.4 is 0 Å². The number of hydrogen-bond donors (Lipinski definition) is 1. The second-order valence-electron chi connectivity index (χ2n) is 10.5. The first-order valence-electron chi connectivity index (χ1n) is 12.6. The number of hydrogen-bond acceptors (Lipinski definition) is 4. The smallest absolute Gasteiger partial charge is 0.234 e.